The fraction of sp³-hybridized carbons (Fsp3) is 0.292. The number of anilines is 1. The van der Waals surface area contributed by atoms with Crippen LogP contribution in [0.1, 0.15) is 43.9 Å². The molecule has 0 aromatic heterocycles. The molecule has 2 aromatic carbocycles. The maximum Gasteiger partial charge on any atom is 0.290 e. The van der Waals surface area contributed by atoms with E-state index in [1.807, 2.05) is 36.9 Å². The van der Waals surface area contributed by atoms with Gasteiger partial charge in [0.05, 0.1) is 4.91 Å². The maximum atomic E-state index is 12.7. The van der Waals surface area contributed by atoms with E-state index >= 15 is 0 Å². The Balaban J connectivity index is 1.85. The number of fused-ring (bicyclic) bond motifs is 1. The summed E-state index contributed by atoms with van der Waals surface area (Å²) in [5.74, 6) is -0.274. The number of aryl methyl sites for hydroxylation is 1. The van der Waals surface area contributed by atoms with Crippen LogP contribution >= 0.6 is 23.4 Å². The van der Waals surface area contributed by atoms with Crippen molar-refractivity contribution in [3.63, 3.8) is 0 Å². The first-order valence-electron chi connectivity index (χ1n) is 10.1. The Morgan fingerprint density at radius 1 is 1.16 bits per heavy atom. The molecule has 160 valence electrons. The lowest BCUT2D eigenvalue weighted by Crippen LogP contribution is -2.41. The van der Waals surface area contributed by atoms with Crippen molar-refractivity contribution < 1.29 is 14.4 Å². The Morgan fingerprint density at radius 2 is 1.90 bits per heavy atom. The van der Waals surface area contributed by atoms with Gasteiger partial charge in [-0.3, -0.25) is 19.7 Å². The van der Waals surface area contributed by atoms with Crippen LogP contribution in [0.2, 0.25) is 5.02 Å². The molecule has 4 rings (SSSR count). The molecule has 31 heavy (non-hydrogen) atoms. The Hall–Kier alpha value is -2.57. The minimum Gasteiger partial charge on any atom is -0.312 e. The predicted molar refractivity (Wildman–Crippen MR) is 126 cm³/mol. The van der Waals surface area contributed by atoms with Gasteiger partial charge in [0.1, 0.15) is 0 Å². The molecule has 0 atom stereocenters. The van der Waals surface area contributed by atoms with Gasteiger partial charge in [-0.25, -0.2) is 0 Å². The molecule has 2 aliphatic rings. The number of nitrogens with zero attached hydrogens (tertiary/aromatic N) is 1. The molecule has 1 fully saturated rings. The summed E-state index contributed by atoms with van der Waals surface area (Å²) in [6.45, 7) is 8.82. The fourth-order valence-corrected chi connectivity index (χ4v) is 5.11. The van der Waals surface area contributed by atoms with E-state index in [0.717, 1.165) is 45.3 Å². The van der Waals surface area contributed by atoms with Crippen LogP contribution in [0.15, 0.2) is 35.2 Å². The zero-order valence-electron chi connectivity index (χ0n) is 17.8. The third-order valence-corrected chi connectivity index (χ3v) is 6.93. The molecule has 0 radical (unpaired) electrons. The van der Waals surface area contributed by atoms with Crippen molar-refractivity contribution in [2.24, 2.45) is 0 Å². The first-order valence-corrected chi connectivity index (χ1v) is 11.3. The van der Waals surface area contributed by atoms with Gasteiger partial charge >= 0.3 is 0 Å². The zero-order valence-corrected chi connectivity index (χ0v) is 19.4. The number of rotatable bonds is 3. The lowest BCUT2D eigenvalue weighted by Gasteiger charge is -2.39. The van der Waals surface area contributed by atoms with Crippen molar-refractivity contribution in [2.45, 2.75) is 39.5 Å². The summed E-state index contributed by atoms with van der Waals surface area (Å²) in [5.41, 5.74) is 5.42. The van der Waals surface area contributed by atoms with Crippen molar-refractivity contribution in [1.29, 1.82) is 0 Å². The summed E-state index contributed by atoms with van der Waals surface area (Å²) >= 11 is 7.45. The Bertz CT molecular complexity index is 1170. The largest absolute Gasteiger partial charge is 0.312 e. The van der Waals surface area contributed by atoms with Crippen LogP contribution in [0.25, 0.3) is 17.2 Å². The van der Waals surface area contributed by atoms with Gasteiger partial charge < -0.3 is 4.90 Å². The number of thioether (sulfide) groups is 1. The molecule has 7 heteroatoms. The highest BCUT2D eigenvalue weighted by Crippen LogP contribution is 2.44. The SMILES string of the molecule is CCN1C(=O)CC(C)(C)c2cc(C)c(-c3cc(/C=C4\SC(=O)NC4=O)ccc3Cl)cc21. The van der Waals surface area contributed by atoms with Gasteiger partial charge in [0.2, 0.25) is 5.91 Å². The van der Waals surface area contributed by atoms with Crippen LogP contribution in [-0.2, 0) is 15.0 Å². The molecule has 2 aromatic rings. The third-order valence-electron chi connectivity index (χ3n) is 5.79. The summed E-state index contributed by atoms with van der Waals surface area (Å²) in [6, 6.07) is 9.71. The molecular weight excluding hydrogens is 432 g/mol. The van der Waals surface area contributed by atoms with Gasteiger partial charge in [0, 0.05) is 34.7 Å². The van der Waals surface area contributed by atoms with Crippen molar-refractivity contribution >= 4 is 52.2 Å². The molecule has 1 saturated heterocycles. The second-order valence-corrected chi connectivity index (χ2v) is 9.90. The Kier molecular flexibility index (Phi) is 5.48. The molecule has 0 saturated carbocycles. The maximum absolute atomic E-state index is 12.7. The van der Waals surface area contributed by atoms with E-state index in [-0.39, 0.29) is 16.6 Å². The number of carbonyl (C=O) groups excluding carboxylic acids is 3. The van der Waals surface area contributed by atoms with E-state index in [9.17, 15) is 14.4 Å². The first-order chi connectivity index (χ1) is 14.6. The molecule has 0 aliphatic carbocycles. The topological polar surface area (TPSA) is 66.5 Å². The molecule has 3 amide bonds. The number of carbonyl (C=O) groups is 3. The number of halogens is 1. The van der Waals surface area contributed by atoms with Crippen LogP contribution in [-0.4, -0.2) is 23.6 Å². The number of amides is 3. The second kappa shape index (κ2) is 7.84. The Labute approximate surface area is 190 Å². The van der Waals surface area contributed by atoms with E-state index < -0.39 is 5.91 Å². The molecule has 2 aliphatic heterocycles. The monoisotopic (exact) mass is 454 g/mol. The summed E-state index contributed by atoms with van der Waals surface area (Å²) in [6.07, 6.45) is 2.17. The van der Waals surface area contributed by atoms with Crippen molar-refractivity contribution in [3.8, 4) is 11.1 Å². The fourth-order valence-electron chi connectivity index (χ4n) is 4.21. The van der Waals surface area contributed by atoms with Gasteiger partial charge in [0.25, 0.3) is 11.1 Å². The summed E-state index contributed by atoms with van der Waals surface area (Å²) in [5, 5.41) is 2.47. The van der Waals surface area contributed by atoms with Gasteiger partial charge in [0.15, 0.2) is 0 Å². The predicted octanol–water partition coefficient (Wildman–Crippen LogP) is 5.67. The highest BCUT2D eigenvalue weighted by molar-refractivity contribution is 8.18. The minimum atomic E-state index is -0.393. The van der Waals surface area contributed by atoms with E-state index in [4.69, 9.17) is 11.6 Å². The highest BCUT2D eigenvalue weighted by atomic mass is 35.5. The van der Waals surface area contributed by atoms with Crippen LogP contribution in [0.3, 0.4) is 0 Å². The van der Waals surface area contributed by atoms with E-state index in [1.165, 1.54) is 0 Å². The van der Waals surface area contributed by atoms with Crippen LogP contribution < -0.4 is 10.2 Å². The average molecular weight is 455 g/mol. The lowest BCUT2D eigenvalue weighted by molar-refractivity contribution is -0.120. The number of hydrogen-bond acceptors (Lipinski definition) is 4. The van der Waals surface area contributed by atoms with Gasteiger partial charge in [-0.1, -0.05) is 37.6 Å². The third kappa shape index (κ3) is 3.90. The van der Waals surface area contributed by atoms with Crippen molar-refractivity contribution in [3.05, 3.63) is 56.9 Å². The molecule has 2 heterocycles. The van der Waals surface area contributed by atoms with Gasteiger partial charge in [-0.05, 0) is 72.1 Å². The summed E-state index contributed by atoms with van der Waals surface area (Å²) < 4.78 is 0. The van der Waals surface area contributed by atoms with Crippen LogP contribution in [0.4, 0.5) is 10.5 Å². The second-order valence-electron chi connectivity index (χ2n) is 8.47. The molecule has 1 N–H and O–H groups in total. The van der Waals surface area contributed by atoms with E-state index in [1.54, 1.807) is 12.1 Å². The van der Waals surface area contributed by atoms with Crippen molar-refractivity contribution in [2.75, 3.05) is 11.4 Å². The molecule has 0 unspecified atom stereocenters. The van der Waals surface area contributed by atoms with E-state index in [2.05, 4.69) is 25.2 Å². The number of benzene rings is 2. The zero-order chi connectivity index (χ0) is 22.5. The number of hydrogen-bond donors (Lipinski definition) is 1. The molecule has 5 nitrogen and oxygen atoms in total. The average Bonchev–Trinajstić information content (AvgIpc) is 3.00. The smallest absolute Gasteiger partial charge is 0.290 e. The lowest BCUT2D eigenvalue weighted by atomic mass is 9.75. The quantitative estimate of drug-likeness (QED) is 0.606. The van der Waals surface area contributed by atoms with Crippen LogP contribution in [0, 0.1) is 6.92 Å². The Morgan fingerprint density at radius 3 is 2.55 bits per heavy atom. The van der Waals surface area contributed by atoms with E-state index in [0.29, 0.717) is 22.9 Å². The summed E-state index contributed by atoms with van der Waals surface area (Å²) in [7, 11) is 0. The number of imide groups is 1. The van der Waals surface area contributed by atoms with Gasteiger partial charge in [-0.2, -0.15) is 0 Å². The minimum absolute atomic E-state index is 0.119. The highest BCUT2D eigenvalue weighted by Gasteiger charge is 2.36. The van der Waals surface area contributed by atoms with Crippen molar-refractivity contribution in [1.82, 2.24) is 5.32 Å². The first kappa shape index (κ1) is 21.7. The van der Waals surface area contributed by atoms with Crippen LogP contribution in [0.5, 0.6) is 0 Å². The molecule has 0 spiro atoms. The molecular formula is C24H23ClN2O3S. The molecule has 0 bridgehead atoms. The van der Waals surface area contributed by atoms with Gasteiger partial charge in [-0.15, -0.1) is 0 Å². The summed E-state index contributed by atoms with van der Waals surface area (Å²) in [4.78, 5) is 38.3. The standard InChI is InChI=1S/C24H23ClN2O3S/c1-5-27-19-11-15(13(2)8-17(19)24(3,4)12-21(27)28)16-9-14(6-7-18(16)25)10-20-22(29)26-23(30)31-20/h6-11H,5,12H2,1-4H3,(H,26,29,30)/b20-10-. The normalized spacial score (nSPS) is 19.1. The number of nitrogens with one attached hydrogen (secondary N) is 1.